The van der Waals surface area contributed by atoms with Crippen molar-refractivity contribution in [1.29, 1.82) is 0 Å². The summed E-state index contributed by atoms with van der Waals surface area (Å²) in [6.07, 6.45) is -0.426. The topological polar surface area (TPSA) is 113 Å². The van der Waals surface area contributed by atoms with Gasteiger partial charge in [0.05, 0.1) is 11.3 Å². The Bertz CT molecular complexity index is 1270. The van der Waals surface area contributed by atoms with E-state index in [9.17, 15) is 23.1 Å². The monoisotopic (exact) mass is 436 g/mol. The number of nitrogens with one attached hydrogen (secondary N) is 2. The molecule has 3 aromatic rings. The first-order valence-corrected chi connectivity index (χ1v) is 11.0. The summed E-state index contributed by atoms with van der Waals surface area (Å²) in [5.41, 5.74) is 0.379. The molecule has 8 heteroatoms. The highest BCUT2D eigenvalue weighted by atomic mass is 32.2. The van der Waals surface area contributed by atoms with Gasteiger partial charge in [0.25, 0.3) is 15.9 Å². The van der Waals surface area contributed by atoms with E-state index in [0.29, 0.717) is 16.9 Å². The minimum Gasteiger partial charge on any atom is -0.375 e. The average Bonchev–Trinajstić information content (AvgIpc) is 2.98. The van der Waals surface area contributed by atoms with Crippen LogP contribution in [0.3, 0.4) is 0 Å². The molecule has 31 heavy (non-hydrogen) atoms. The Labute approximate surface area is 179 Å². The highest BCUT2D eigenvalue weighted by Crippen LogP contribution is 2.38. The van der Waals surface area contributed by atoms with E-state index in [0.717, 1.165) is 5.56 Å². The number of para-hydroxylation sites is 1. The van der Waals surface area contributed by atoms with Crippen molar-refractivity contribution >= 4 is 33.1 Å². The molecule has 158 valence electrons. The molecule has 1 aliphatic heterocycles. The lowest BCUT2D eigenvalue weighted by Gasteiger charge is -2.20. The van der Waals surface area contributed by atoms with Gasteiger partial charge in [-0.1, -0.05) is 35.9 Å². The van der Waals surface area contributed by atoms with Crippen molar-refractivity contribution in [1.82, 2.24) is 0 Å². The molecule has 0 bridgehead atoms. The second-order valence-corrected chi connectivity index (χ2v) is 9.14. The second-order valence-electron chi connectivity index (χ2n) is 7.46. The summed E-state index contributed by atoms with van der Waals surface area (Å²) < 4.78 is 27.5. The lowest BCUT2D eigenvalue weighted by atomic mass is 9.88. The number of benzene rings is 3. The molecular formula is C23H20N2O5S. The molecule has 4 rings (SSSR count). The lowest BCUT2D eigenvalue weighted by molar-refractivity contribution is -0.133. The van der Waals surface area contributed by atoms with Crippen molar-refractivity contribution in [3.63, 3.8) is 0 Å². The second kappa shape index (κ2) is 7.64. The first kappa shape index (κ1) is 20.8. The fourth-order valence-corrected chi connectivity index (χ4v) is 4.52. The van der Waals surface area contributed by atoms with Gasteiger partial charge in [-0.15, -0.1) is 0 Å². The summed E-state index contributed by atoms with van der Waals surface area (Å²) in [6.45, 7) is 1.86. The zero-order valence-corrected chi connectivity index (χ0v) is 17.4. The number of ketones is 1. The number of sulfonamides is 1. The van der Waals surface area contributed by atoms with Crippen LogP contribution in [0.1, 0.15) is 27.9 Å². The van der Waals surface area contributed by atoms with Crippen LogP contribution in [0, 0.1) is 6.92 Å². The molecule has 0 radical (unpaired) electrons. The highest BCUT2D eigenvalue weighted by molar-refractivity contribution is 7.92. The number of carbonyl (C=O) groups excluding carboxylic acids is 2. The molecular weight excluding hydrogens is 416 g/mol. The molecule has 0 spiro atoms. The number of hydrogen-bond acceptors (Lipinski definition) is 5. The van der Waals surface area contributed by atoms with Crippen molar-refractivity contribution in [3.8, 4) is 0 Å². The molecule has 3 aromatic carbocycles. The number of rotatable bonds is 6. The van der Waals surface area contributed by atoms with E-state index in [2.05, 4.69) is 10.0 Å². The van der Waals surface area contributed by atoms with E-state index in [1.54, 1.807) is 36.4 Å². The summed E-state index contributed by atoms with van der Waals surface area (Å²) in [7, 11) is -3.76. The molecule has 1 unspecified atom stereocenters. The van der Waals surface area contributed by atoms with Crippen molar-refractivity contribution in [2.45, 2.75) is 23.8 Å². The first-order valence-electron chi connectivity index (χ1n) is 9.55. The van der Waals surface area contributed by atoms with E-state index in [1.165, 1.54) is 36.4 Å². The van der Waals surface area contributed by atoms with E-state index in [-0.39, 0.29) is 10.5 Å². The van der Waals surface area contributed by atoms with Crippen LogP contribution in [0.5, 0.6) is 0 Å². The lowest BCUT2D eigenvalue weighted by Crippen LogP contribution is -2.36. The van der Waals surface area contributed by atoms with E-state index >= 15 is 0 Å². The molecule has 7 nitrogen and oxygen atoms in total. The standard InChI is InChI=1S/C23H20N2O5S/c1-15-6-12-18(13-7-15)31(29,30)25-17-10-8-16(9-11-17)21(26)14-23(28)19-4-2-3-5-20(19)24-22(23)27/h2-13,25,28H,14H2,1H3,(H,24,27). The van der Waals surface area contributed by atoms with Crippen LogP contribution in [0.25, 0.3) is 0 Å². The zero-order valence-electron chi connectivity index (χ0n) is 16.6. The molecule has 1 amide bonds. The van der Waals surface area contributed by atoms with Gasteiger partial charge >= 0.3 is 0 Å². The summed E-state index contributed by atoms with van der Waals surface area (Å²) >= 11 is 0. The number of fused-ring (bicyclic) bond motifs is 1. The predicted octanol–water partition coefficient (Wildman–Crippen LogP) is 3.21. The van der Waals surface area contributed by atoms with Crippen molar-refractivity contribution < 1.29 is 23.1 Å². The third-order valence-electron chi connectivity index (χ3n) is 5.20. The molecule has 1 atom stereocenters. The Morgan fingerprint density at radius 1 is 1.00 bits per heavy atom. The third-order valence-corrected chi connectivity index (χ3v) is 6.60. The summed E-state index contributed by atoms with van der Waals surface area (Å²) in [5.74, 6) is -1.09. The van der Waals surface area contributed by atoms with Crippen LogP contribution < -0.4 is 10.0 Å². The Morgan fingerprint density at radius 3 is 2.32 bits per heavy atom. The van der Waals surface area contributed by atoms with Gasteiger partial charge in [0.1, 0.15) is 0 Å². The van der Waals surface area contributed by atoms with E-state index < -0.39 is 33.7 Å². The Balaban J connectivity index is 1.50. The van der Waals surface area contributed by atoms with Crippen LogP contribution in [0.15, 0.2) is 77.7 Å². The van der Waals surface area contributed by atoms with Crippen LogP contribution in [0.4, 0.5) is 11.4 Å². The maximum atomic E-state index is 12.7. The van der Waals surface area contributed by atoms with Crippen molar-refractivity contribution in [2.75, 3.05) is 10.0 Å². The van der Waals surface area contributed by atoms with Crippen LogP contribution in [-0.4, -0.2) is 25.2 Å². The average molecular weight is 436 g/mol. The maximum absolute atomic E-state index is 12.7. The van der Waals surface area contributed by atoms with Gasteiger partial charge in [0.15, 0.2) is 11.4 Å². The number of Topliss-reactive ketones (excluding diaryl/α,β-unsaturated/α-hetero) is 1. The molecule has 0 saturated carbocycles. The Hall–Kier alpha value is -3.49. The first-order chi connectivity index (χ1) is 14.7. The van der Waals surface area contributed by atoms with Crippen molar-refractivity contribution in [3.05, 3.63) is 89.5 Å². The molecule has 3 N–H and O–H groups in total. The predicted molar refractivity (Wildman–Crippen MR) is 116 cm³/mol. The largest absolute Gasteiger partial charge is 0.375 e. The molecule has 0 aromatic heterocycles. The summed E-state index contributed by atoms with van der Waals surface area (Å²) in [5, 5.41) is 13.5. The van der Waals surface area contributed by atoms with Crippen LogP contribution in [0.2, 0.25) is 0 Å². The highest BCUT2D eigenvalue weighted by Gasteiger charge is 2.46. The maximum Gasteiger partial charge on any atom is 0.261 e. The summed E-state index contributed by atoms with van der Waals surface area (Å²) in [4.78, 5) is 25.2. The number of hydrogen-bond donors (Lipinski definition) is 3. The van der Waals surface area contributed by atoms with E-state index in [4.69, 9.17) is 0 Å². The van der Waals surface area contributed by atoms with E-state index in [1.807, 2.05) is 6.92 Å². The number of anilines is 2. The Morgan fingerprint density at radius 2 is 1.65 bits per heavy atom. The number of aliphatic hydroxyl groups is 1. The minimum absolute atomic E-state index is 0.131. The smallest absolute Gasteiger partial charge is 0.261 e. The number of carbonyl (C=O) groups is 2. The summed E-state index contributed by atoms with van der Waals surface area (Å²) in [6, 6.07) is 18.9. The molecule has 0 fully saturated rings. The SMILES string of the molecule is Cc1ccc(S(=O)(=O)Nc2ccc(C(=O)CC3(O)C(=O)Nc4ccccc43)cc2)cc1. The normalized spacial score (nSPS) is 17.7. The molecule has 0 aliphatic carbocycles. The molecule has 1 heterocycles. The molecule has 0 saturated heterocycles. The Kier molecular flexibility index (Phi) is 5.12. The van der Waals surface area contributed by atoms with Crippen LogP contribution in [-0.2, 0) is 20.4 Å². The van der Waals surface area contributed by atoms with Gasteiger partial charge in [-0.3, -0.25) is 14.3 Å². The molecule has 1 aliphatic rings. The zero-order chi connectivity index (χ0) is 22.2. The quantitative estimate of drug-likeness (QED) is 0.514. The minimum atomic E-state index is -3.76. The van der Waals surface area contributed by atoms with Gasteiger partial charge in [-0.2, -0.15) is 0 Å². The van der Waals surface area contributed by atoms with Gasteiger partial charge in [0, 0.05) is 22.5 Å². The van der Waals surface area contributed by atoms with Gasteiger partial charge in [-0.05, 0) is 49.4 Å². The number of amides is 1. The van der Waals surface area contributed by atoms with Gasteiger partial charge < -0.3 is 10.4 Å². The fourth-order valence-electron chi connectivity index (χ4n) is 3.47. The fraction of sp³-hybridized carbons (Fsp3) is 0.130. The number of aryl methyl sites for hydroxylation is 1. The van der Waals surface area contributed by atoms with Crippen molar-refractivity contribution in [2.24, 2.45) is 0 Å². The third kappa shape index (κ3) is 3.95. The van der Waals surface area contributed by atoms with Gasteiger partial charge in [0.2, 0.25) is 0 Å². The van der Waals surface area contributed by atoms with Crippen LogP contribution >= 0.6 is 0 Å². The van der Waals surface area contributed by atoms with Gasteiger partial charge in [-0.25, -0.2) is 8.42 Å².